The van der Waals surface area contributed by atoms with E-state index in [1.54, 1.807) is 30.3 Å². The van der Waals surface area contributed by atoms with Gasteiger partial charge in [-0.25, -0.2) is 13.2 Å². The second-order valence-corrected chi connectivity index (χ2v) is 10.2. The van der Waals surface area contributed by atoms with Crippen molar-refractivity contribution in [3.8, 4) is 0 Å². The second kappa shape index (κ2) is 9.92. The molecule has 1 amide bonds. The summed E-state index contributed by atoms with van der Waals surface area (Å²) in [4.78, 5) is 38.0. The number of sulfonamides is 1. The zero-order valence-corrected chi connectivity index (χ0v) is 20.8. The smallest absolute Gasteiger partial charge is 0.330 e. The van der Waals surface area contributed by atoms with E-state index in [-0.39, 0.29) is 16.3 Å². The Balaban J connectivity index is 1.71. The molecule has 0 aliphatic heterocycles. The third-order valence-corrected chi connectivity index (χ3v) is 7.50. The maximum absolute atomic E-state index is 13.4. The number of hydrogen-bond acceptors (Lipinski definition) is 5. The van der Waals surface area contributed by atoms with E-state index in [4.69, 9.17) is 0 Å². The van der Waals surface area contributed by atoms with Gasteiger partial charge in [-0.2, -0.15) is 4.72 Å². The average Bonchev–Trinajstić information content (AvgIpc) is 2.89. The number of aryl methyl sites for hydroxylation is 1. The SMILES string of the molecule is C[C@@H](NC(=O)[C@@H](NS(=O)(=O)c1ccc2c(c1)c(=O)n(C)c(=O)n2C)c1ccccc1)c1ccccc1. The molecule has 0 radical (unpaired) electrons. The summed E-state index contributed by atoms with van der Waals surface area (Å²) >= 11 is 0. The fourth-order valence-corrected chi connectivity index (χ4v) is 5.21. The summed E-state index contributed by atoms with van der Waals surface area (Å²) in [5.41, 5.74) is 0.499. The van der Waals surface area contributed by atoms with Crippen LogP contribution in [0.1, 0.15) is 30.1 Å². The van der Waals surface area contributed by atoms with Crippen LogP contribution in [-0.4, -0.2) is 23.5 Å². The van der Waals surface area contributed by atoms with E-state index in [1.807, 2.05) is 37.3 Å². The molecule has 1 heterocycles. The summed E-state index contributed by atoms with van der Waals surface area (Å²) in [6.07, 6.45) is 0. The molecule has 3 aromatic carbocycles. The van der Waals surface area contributed by atoms with Crippen molar-refractivity contribution < 1.29 is 13.2 Å². The monoisotopic (exact) mass is 506 g/mol. The Labute approximate surface area is 208 Å². The molecule has 2 N–H and O–H groups in total. The first-order chi connectivity index (χ1) is 17.1. The molecule has 0 saturated heterocycles. The molecule has 0 fully saturated rings. The van der Waals surface area contributed by atoms with E-state index in [2.05, 4.69) is 10.0 Å². The third-order valence-electron chi connectivity index (χ3n) is 6.08. The topological polar surface area (TPSA) is 119 Å². The number of fused-ring (bicyclic) bond motifs is 1. The summed E-state index contributed by atoms with van der Waals surface area (Å²) in [6.45, 7) is 1.81. The van der Waals surface area contributed by atoms with Crippen molar-refractivity contribution in [1.29, 1.82) is 0 Å². The zero-order valence-electron chi connectivity index (χ0n) is 20.0. The maximum atomic E-state index is 13.4. The molecular weight excluding hydrogens is 480 g/mol. The molecule has 4 rings (SSSR count). The van der Waals surface area contributed by atoms with Crippen LogP contribution in [0.3, 0.4) is 0 Å². The molecule has 0 aliphatic rings. The van der Waals surface area contributed by atoms with E-state index in [9.17, 15) is 22.8 Å². The first-order valence-electron chi connectivity index (χ1n) is 11.2. The number of nitrogens with zero attached hydrogens (tertiary/aromatic N) is 2. The minimum absolute atomic E-state index is 0.0703. The highest BCUT2D eigenvalue weighted by Gasteiger charge is 2.29. The van der Waals surface area contributed by atoms with Crippen LogP contribution < -0.4 is 21.3 Å². The third kappa shape index (κ3) is 4.86. The van der Waals surface area contributed by atoms with Crippen LogP contribution in [-0.2, 0) is 28.9 Å². The highest BCUT2D eigenvalue weighted by molar-refractivity contribution is 7.89. The number of carbonyl (C=O) groups is 1. The molecular formula is C26H26N4O5S. The van der Waals surface area contributed by atoms with Gasteiger partial charge in [-0.3, -0.25) is 18.7 Å². The first-order valence-corrected chi connectivity index (χ1v) is 12.7. The number of nitrogens with one attached hydrogen (secondary N) is 2. The van der Waals surface area contributed by atoms with Crippen molar-refractivity contribution in [3.05, 3.63) is 111 Å². The second-order valence-electron chi connectivity index (χ2n) is 8.49. The van der Waals surface area contributed by atoms with Gasteiger partial charge in [0.15, 0.2) is 0 Å². The predicted molar refractivity (Wildman–Crippen MR) is 137 cm³/mol. The molecule has 36 heavy (non-hydrogen) atoms. The lowest BCUT2D eigenvalue weighted by Crippen LogP contribution is -2.41. The molecule has 186 valence electrons. The fourth-order valence-electron chi connectivity index (χ4n) is 4.01. The number of amides is 1. The van der Waals surface area contributed by atoms with Gasteiger partial charge < -0.3 is 5.32 Å². The van der Waals surface area contributed by atoms with E-state index in [0.29, 0.717) is 11.1 Å². The normalized spacial score (nSPS) is 13.3. The zero-order chi connectivity index (χ0) is 26.0. The fraction of sp³-hybridized carbons (Fsp3) is 0.192. The number of hydrogen-bond donors (Lipinski definition) is 2. The van der Waals surface area contributed by atoms with Crippen LogP contribution >= 0.6 is 0 Å². The van der Waals surface area contributed by atoms with E-state index in [1.165, 1.54) is 36.9 Å². The molecule has 0 bridgehead atoms. The summed E-state index contributed by atoms with van der Waals surface area (Å²) in [5.74, 6) is -0.528. The minimum Gasteiger partial charge on any atom is -0.348 e. The first kappa shape index (κ1) is 25.1. The van der Waals surface area contributed by atoms with Gasteiger partial charge in [-0.05, 0) is 36.2 Å². The highest BCUT2D eigenvalue weighted by atomic mass is 32.2. The minimum atomic E-state index is -4.24. The Kier molecular flexibility index (Phi) is 6.91. The average molecular weight is 507 g/mol. The lowest BCUT2D eigenvalue weighted by Gasteiger charge is -2.22. The van der Waals surface area contributed by atoms with Crippen molar-refractivity contribution in [2.45, 2.75) is 23.9 Å². The lowest BCUT2D eigenvalue weighted by molar-refractivity contribution is -0.123. The van der Waals surface area contributed by atoms with Gasteiger partial charge in [-0.1, -0.05) is 60.7 Å². The van der Waals surface area contributed by atoms with Crippen LogP contribution in [0.25, 0.3) is 10.9 Å². The van der Waals surface area contributed by atoms with Crippen LogP contribution in [0.5, 0.6) is 0 Å². The summed E-state index contributed by atoms with van der Waals surface area (Å²) in [6, 6.07) is 20.2. The predicted octanol–water partition coefficient (Wildman–Crippen LogP) is 2.13. The number of rotatable bonds is 7. The van der Waals surface area contributed by atoms with Crippen molar-refractivity contribution >= 4 is 26.8 Å². The van der Waals surface area contributed by atoms with Crippen LogP contribution in [0, 0.1) is 0 Å². The Morgan fingerprint density at radius 3 is 2.03 bits per heavy atom. The molecule has 9 nitrogen and oxygen atoms in total. The number of aromatic nitrogens is 2. The Bertz CT molecular complexity index is 1650. The van der Waals surface area contributed by atoms with Gasteiger partial charge in [0, 0.05) is 14.1 Å². The van der Waals surface area contributed by atoms with Gasteiger partial charge in [0.1, 0.15) is 6.04 Å². The molecule has 10 heteroatoms. The molecule has 0 saturated carbocycles. The molecule has 0 aliphatic carbocycles. The van der Waals surface area contributed by atoms with Gasteiger partial charge in [0.25, 0.3) is 5.56 Å². The lowest BCUT2D eigenvalue weighted by atomic mass is 10.1. The van der Waals surface area contributed by atoms with Gasteiger partial charge >= 0.3 is 5.69 Å². The highest BCUT2D eigenvalue weighted by Crippen LogP contribution is 2.21. The summed E-state index contributed by atoms with van der Waals surface area (Å²) in [5, 5.41) is 2.94. The largest absolute Gasteiger partial charge is 0.348 e. The van der Waals surface area contributed by atoms with Gasteiger partial charge in [0.05, 0.1) is 21.8 Å². The Hall–Kier alpha value is -4.02. The number of carbonyl (C=O) groups excluding carboxylic acids is 1. The van der Waals surface area contributed by atoms with Crippen molar-refractivity contribution in [2.75, 3.05) is 0 Å². The summed E-state index contributed by atoms with van der Waals surface area (Å²) < 4.78 is 31.5. The van der Waals surface area contributed by atoms with E-state index < -0.39 is 33.2 Å². The van der Waals surface area contributed by atoms with E-state index >= 15 is 0 Å². The van der Waals surface area contributed by atoms with Crippen molar-refractivity contribution in [2.24, 2.45) is 14.1 Å². The summed E-state index contributed by atoms with van der Waals surface area (Å²) in [7, 11) is -1.42. The van der Waals surface area contributed by atoms with Gasteiger partial charge in [0.2, 0.25) is 15.9 Å². The van der Waals surface area contributed by atoms with Crippen LogP contribution in [0.15, 0.2) is 93.3 Å². The Morgan fingerprint density at radius 2 is 1.42 bits per heavy atom. The maximum Gasteiger partial charge on any atom is 0.330 e. The molecule has 1 aromatic heterocycles. The van der Waals surface area contributed by atoms with Gasteiger partial charge in [-0.15, -0.1) is 0 Å². The molecule has 0 unspecified atom stereocenters. The molecule has 2 atom stereocenters. The Morgan fingerprint density at radius 1 is 0.833 bits per heavy atom. The molecule has 0 spiro atoms. The molecule has 4 aromatic rings. The quantitative estimate of drug-likeness (QED) is 0.398. The number of benzene rings is 3. The van der Waals surface area contributed by atoms with Crippen LogP contribution in [0.2, 0.25) is 0 Å². The van der Waals surface area contributed by atoms with Crippen molar-refractivity contribution in [3.63, 3.8) is 0 Å². The van der Waals surface area contributed by atoms with E-state index in [0.717, 1.165) is 10.1 Å². The standard InChI is InChI=1S/C26H26N4O5S/c1-17(18-10-6-4-7-11-18)27-24(31)23(19-12-8-5-9-13-19)28-36(34,35)20-14-15-22-21(16-20)25(32)30(3)26(33)29(22)2/h4-17,23,28H,1-3H3,(H,27,31)/t17-,23+/m1/s1. The van der Waals surface area contributed by atoms with Crippen LogP contribution in [0.4, 0.5) is 0 Å². The van der Waals surface area contributed by atoms with Crippen molar-refractivity contribution in [1.82, 2.24) is 19.2 Å².